The second-order valence-electron chi connectivity index (χ2n) is 3.64. The van der Waals surface area contributed by atoms with Gasteiger partial charge in [0.2, 0.25) is 0 Å². The Kier molecular flexibility index (Phi) is 4.12. The molecule has 0 aliphatic carbocycles. The summed E-state index contributed by atoms with van der Waals surface area (Å²) in [6, 6.07) is 5.98. The van der Waals surface area contributed by atoms with Gasteiger partial charge >= 0.3 is 5.97 Å². The van der Waals surface area contributed by atoms with Crippen LogP contribution in [0.2, 0.25) is 5.02 Å². The summed E-state index contributed by atoms with van der Waals surface area (Å²) in [5, 5.41) is 0.600. The number of nitrogens with two attached hydrogens (primary N) is 1. The van der Waals surface area contributed by atoms with Crippen molar-refractivity contribution < 1.29 is 9.53 Å². The van der Waals surface area contributed by atoms with Crippen molar-refractivity contribution >= 4 is 17.6 Å². The first kappa shape index (κ1) is 12.0. The molecular weight excluding hydrogens is 214 g/mol. The zero-order chi connectivity index (χ0) is 11.4. The van der Waals surface area contributed by atoms with Crippen LogP contribution in [0.3, 0.4) is 0 Å². The lowest BCUT2D eigenvalue weighted by atomic mass is 10.1. The van der Waals surface area contributed by atoms with Crippen molar-refractivity contribution in [2.45, 2.75) is 19.9 Å². The van der Waals surface area contributed by atoms with E-state index in [9.17, 15) is 4.79 Å². The monoisotopic (exact) mass is 227 g/mol. The molecule has 82 valence electrons. The second-order valence-corrected chi connectivity index (χ2v) is 4.08. The minimum Gasteiger partial charge on any atom is -0.425 e. The highest BCUT2D eigenvalue weighted by Crippen LogP contribution is 2.16. The summed E-state index contributed by atoms with van der Waals surface area (Å²) in [4.78, 5) is 11.5. The fourth-order valence-electron chi connectivity index (χ4n) is 0.959. The highest BCUT2D eigenvalue weighted by Gasteiger charge is 2.19. The van der Waals surface area contributed by atoms with Crippen LogP contribution >= 0.6 is 11.6 Å². The van der Waals surface area contributed by atoms with Crippen LogP contribution in [0.25, 0.3) is 0 Å². The van der Waals surface area contributed by atoms with Gasteiger partial charge in [-0.3, -0.25) is 0 Å². The third kappa shape index (κ3) is 3.53. The Morgan fingerprint density at radius 3 is 2.33 bits per heavy atom. The summed E-state index contributed by atoms with van der Waals surface area (Å²) in [6.45, 7) is 3.74. The van der Waals surface area contributed by atoms with Gasteiger partial charge in [-0.05, 0) is 30.2 Å². The van der Waals surface area contributed by atoms with Gasteiger partial charge in [0.1, 0.15) is 11.8 Å². The van der Waals surface area contributed by atoms with Crippen LogP contribution in [0, 0.1) is 5.92 Å². The minimum absolute atomic E-state index is 0.0600. The maximum Gasteiger partial charge on any atom is 0.328 e. The molecule has 3 nitrogen and oxygen atoms in total. The Balaban J connectivity index is 2.62. The average molecular weight is 228 g/mol. The van der Waals surface area contributed by atoms with E-state index in [2.05, 4.69) is 0 Å². The highest BCUT2D eigenvalue weighted by atomic mass is 35.5. The number of hydrogen-bond donors (Lipinski definition) is 1. The first-order chi connectivity index (χ1) is 7.00. The van der Waals surface area contributed by atoms with Crippen molar-refractivity contribution in [3.8, 4) is 5.75 Å². The number of esters is 1. The Morgan fingerprint density at radius 1 is 1.33 bits per heavy atom. The molecule has 4 heteroatoms. The fourth-order valence-corrected chi connectivity index (χ4v) is 1.08. The Bertz CT molecular complexity index is 335. The third-order valence-electron chi connectivity index (χ3n) is 2.02. The van der Waals surface area contributed by atoms with E-state index in [1.165, 1.54) is 0 Å². The van der Waals surface area contributed by atoms with E-state index >= 15 is 0 Å². The van der Waals surface area contributed by atoms with Gasteiger partial charge in [0.15, 0.2) is 0 Å². The number of carbonyl (C=O) groups is 1. The molecule has 1 aromatic rings. The topological polar surface area (TPSA) is 52.3 Å². The molecule has 0 saturated heterocycles. The Labute approximate surface area is 94.2 Å². The summed E-state index contributed by atoms with van der Waals surface area (Å²) in [5.41, 5.74) is 5.64. The van der Waals surface area contributed by atoms with Gasteiger partial charge in [-0.25, -0.2) is 4.79 Å². The number of ether oxygens (including phenoxy) is 1. The van der Waals surface area contributed by atoms with Crippen molar-refractivity contribution in [2.24, 2.45) is 11.7 Å². The minimum atomic E-state index is -0.597. The summed E-state index contributed by atoms with van der Waals surface area (Å²) in [7, 11) is 0. The predicted octanol–water partition coefficient (Wildman–Crippen LogP) is 2.23. The summed E-state index contributed by atoms with van der Waals surface area (Å²) in [5.74, 6) is 0.0950. The van der Waals surface area contributed by atoms with E-state index in [1.807, 2.05) is 13.8 Å². The molecule has 0 fully saturated rings. The lowest BCUT2D eigenvalue weighted by Crippen LogP contribution is -2.38. The molecule has 0 spiro atoms. The molecule has 1 atom stereocenters. The average Bonchev–Trinajstić information content (AvgIpc) is 2.20. The van der Waals surface area contributed by atoms with Crippen LogP contribution in [0.4, 0.5) is 0 Å². The third-order valence-corrected chi connectivity index (χ3v) is 2.27. The fraction of sp³-hybridized carbons (Fsp3) is 0.364. The van der Waals surface area contributed by atoms with Crippen LogP contribution in [0.1, 0.15) is 13.8 Å². The van der Waals surface area contributed by atoms with E-state index in [-0.39, 0.29) is 5.92 Å². The van der Waals surface area contributed by atoms with E-state index < -0.39 is 12.0 Å². The first-order valence-electron chi connectivity index (χ1n) is 4.73. The van der Waals surface area contributed by atoms with E-state index in [1.54, 1.807) is 24.3 Å². The molecule has 0 amide bonds. The van der Waals surface area contributed by atoms with E-state index in [0.29, 0.717) is 10.8 Å². The zero-order valence-electron chi connectivity index (χ0n) is 8.74. The molecule has 0 aliphatic heterocycles. The van der Waals surface area contributed by atoms with Gasteiger partial charge in [0.05, 0.1) is 0 Å². The second kappa shape index (κ2) is 5.14. The quantitative estimate of drug-likeness (QED) is 0.637. The molecule has 0 heterocycles. The number of carbonyl (C=O) groups excluding carboxylic acids is 1. The molecule has 1 rings (SSSR count). The van der Waals surface area contributed by atoms with Gasteiger partial charge in [-0.15, -0.1) is 0 Å². The predicted molar refractivity (Wildman–Crippen MR) is 59.9 cm³/mol. The molecule has 0 aliphatic rings. The lowest BCUT2D eigenvalue weighted by molar-refractivity contribution is -0.136. The first-order valence-corrected chi connectivity index (χ1v) is 5.11. The molecule has 0 saturated carbocycles. The number of rotatable bonds is 3. The summed E-state index contributed by atoms with van der Waals surface area (Å²) in [6.07, 6.45) is 0. The number of benzene rings is 1. The Hall–Kier alpha value is -1.06. The molecule has 1 aromatic carbocycles. The lowest BCUT2D eigenvalue weighted by Gasteiger charge is -2.13. The van der Waals surface area contributed by atoms with Crippen molar-refractivity contribution in [3.05, 3.63) is 29.3 Å². The Morgan fingerprint density at radius 2 is 1.87 bits per heavy atom. The van der Waals surface area contributed by atoms with Gasteiger partial charge in [-0.2, -0.15) is 0 Å². The molecule has 2 N–H and O–H groups in total. The van der Waals surface area contributed by atoms with Crippen molar-refractivity contribution in [3.63, 3.8) is 0 Å². The van der Waals surface area contributed by atoms with Crippen molar-refractivity contribution in [1.82, 2.24) is 0 Å². The van der Waals surface area contributed by atoms with Crippen LogP contribution in [0.5, 0.6) is 5.75 Å². The smallest absolute Gasteiger partial charge is 0.328 e. The number of halogens is 1. The van der Waals surface area contributed by atoms with Crippen molar-refractivity contribution in [2.75, 3.05) is 0 Å². The standard InChI is InChI=1S/C11H14ClNO2/c1-7(2)10(13)11(14)15-9-5-3-8(12)4-6-9/h3-7,10H,13H2,1-2H3. The molecule has 0 aromatic heterocycles. The van der Waals surface area contributed by atoms with E-state index in [4.69, 9.17) is 22.1 Å². The van der Waals surface area contributed by atoms with Crippen LogP contribution in [-0.2, 0) is 4.79 Å². The zero-order valence-corrected chi connectivity index (χ0v) is 9.49. The highest BCUT2D eigenvalue weighted by molar-refractivity contribution is 6.30. The van der Waals surface area contributed by atoms with Crippen LogP contribution in [-0.4, -0.2) is 12.0 Å². The van der Waals surface area contributed by atoms with Gasteiger partial charge < -0.3 is 10.5 Å². The van der Waals surface area contributed by atoms with Gasteiger partial charge in [-0.1, -0.05) is 25.4 Å². The number of hydrogen-bond acceptors (Lipinski definition) is 3. The summed E-state index contributed by atoms with van der Waals surface area (Å²) < 4.78 is 5.07. The normalized spacial score (nSPS) is 12.6. The van der Waals surface area contributed by atoms with Crippen molar-refractivity contribution in [1.29, 1.82) is 0 Å². The molecule has 0 radical (unpaired) electrons. The maximum absolute atomic E-state index is 11.5. The molecule has 1 unspecified atom stereocenters. The largest absolute Gasteiger partial charge is 0.425 e. The van der Waals surface area contributed by atoms with Gasteiger partial charge in [0.25, 0.3) is 0 Å². The van der Waals surface area contributed by atoms with Gasteiger partial charge in [0, 0.05) is 5.02 Å². The molecule has 15 heavy (non-hydrogen) atoms. The molecule has 0 bridgehead atoms. The molecular formula is C11H14ClNO2. The SMILES string of the molecule is CC(C)C(N)C(=O)Oc1ccc(Cl)cc1. The summed E-state index contributed by atoms with van der Waals surface area (Å²) >= 11 is 5.70. The maximum atomic E-state index is 11.5. The van der Waals surface area contributed by atoms with E-state index in [0.717, 1.165) is 0 Å². The van der Waals surface area contributed by atoms with Crippen LogP contribution in [0.15, 0.2) is 24.3 Å². The van der Waals surface area contributed by atoms with Crippen LogP contribution < -0.4 is 10.5 Å².